The Labute approximate surface area is 186 Å². The molecule has 3 aromatic rings. The second-order valence-electron chi connectivity index (χ2n) is 7.54. The topological polar surface area (TPSA) is 124 Å². The number of carbonyl (C=O) groups is 2. The molecule has 0 aliphatic carbocycles. The van der Waals surface area contributed by atoms with E-state index in [1.54, 1.807) is 24.3 Å². The quantitative estimate of drug-likeness (QED) is 0.363. The van der Waals surface area contributed by atoms with Gasteiger partial charge < -0.3 is 20.8 Å². The maximum Gasteiger partial charge on any atom is 0.354 e. The molecule has 0 spiro atoms. The Balaban J connectivity index is 1.64. The summed E-state index contributed by atoms with van der Waals surface area (Å²) in [5, 5.41) is 25.0. The molecule has 0 saturated carbocycles. The van der Waals surface area contributed by atoms with Gasteiger partial charge >= 0.3 is 11.9 Å². The molecule has 1 aromatic carbocycles. The number of hydrogen-bond acceptors (Lipinski definition) is 6. The Bertz CT molecular complexity index is 1070. The molecule has 2 aromatic heterocycles. The minimum Gasteiger partial charge on any atom is -0.477 e. The van der Waals surface area contributed by atoms with Crippen molar-refractivity contribution >= 4 is 11.9 Å². The Morgan fingerprint density at radius 2 is 1.41 bits per heavy atom. The van der Waals surface area contributed by atoms with Crippen molar-refractivity contribution in [3.8, 4) is 0 Å². The molecule has 0 fully saturated rings. The summed E-state index contributed by atoms with van der Waals surface area (Å²) >= 11 is 0. The Kier molecular flexibility index (Phi) is 8.02. The number of nitrogens with one attached hydrogen (secondary N) is 2. The molecule has 8 nitrogen and oxygen atoms in total. The van der Waals surface area contributed by atoms with Crippen molar-refractivity contribution in [1.82, 2.24) is 20.6 Å². The molecule has 1 unspecified atom stereocenters. The van der Waals surface area contributed by atoms with Gasteiger partial charge in [-0.05, 0) is 43.2 Å². The number of hydrogen-bond donors (Lipinski definition) is 4. The van der Waals surface area contributed by atoms with Crippen LogP contribution in [0.1, 0.15) is 43.5 Å². The average Bonchev–Trinajstić information content (AvgIpc) is 2.79. The molecule has 166 valence electrons. The Morgan fingerprint density at radius 1 is 0.844 bits per heavy atom. The fourth-order valence-corrected chi connectivity index (χ4v) is 3.24. The molecular formula is C24H26N4O4. The minimum absolute atomic E-state index is 0.0156. The van der Waals surface area contributed by atoms with Gasteiger partial charge in [0.05, 0.1) is 11.4 Å². The summed E-state index contributed by atoms with van der Waals surface area (Å²) in [5.41, 5.74) is 3.69. The summed E-state index contributed by atoms with van der Waals surface area (Å²) < 4.78 is 0. The van der Waals surface area contributed by atoms with Crippen LogP contribution in [0.4, 0.5) is 0 Å². The molecule has 2 heterocycles. The van der Waals surface area contributed by atoms with Crippen LogP contribution in [0, 0.1) is 6.92 Å². The lowest BCUT2D eigenvalue weighted by molar-refractivity contribution is 0.0679. The van der Waals surface area contributed by atoms with Crippen LogP contribution in [0.3, 0.4) is 0 Å². The number of benzene rings is 1. The molecule has 0 amide bonds. The van der Waals surface area contributed by atoms with Gasteiger partial charge in [0.2, 0.25) is 0 Å². The number of rotatable bonds is 11. The largest absolute Gasteiger partial charge is 0.477 e. The molecule has 8 heteroatoms. The fourth-order valence-electron chi connectivity index (χ4n) is 3.24. The summed E-state index contributed by atoms with van der Waals surface area (Å²) in [6.45, 7) is 3.50. The second kappa shape index (κ2) is 11.1. The molecule has 0 aliphatic rings. The van der Waals surface area contributed by atoms with E-state index in [0.717, 1.165) is 6.42 Å². The SMILES string of the molecule is Cc1ccc(CC(CNCc2cccc(C(=O)O)n2)NCc2cccc(C(=O)O)n2)cc1. The molecule has 1 atom stereocenters. The third kappa shape index (κ3) is 6.97. The van der Waals surface area contributed by atoms with Crippen molar-refractivity contribution < 1.29 is 19.8 Å². The molecular weight excluding hydrogens is 408 g/mol. The van der Waals surface area contributed by atoms with E-state index in [9.17, 15) is 9.59 Å². The number of nitrogens with zero attached hydrogens (tertiary/aromatic N) is 2. The zero-order valence-corrected chi connectivity index (χ0v) is 17.8. The predicted molar refractivity (Wildman–Crippen MR) is 120 cm³/mol. The van der Waals surface area contributed by atoms with Crippen molar-refractivity contribution in [3.05, 3.63) is 94.6 Å². The van der Waals surface area contributed by atoms with Gasteiger partial charge in [0.1, 0.15) is 11.4 Å². The first-order chi connectivity index (χ1) is 15.4. The number of aryl methyl sites for hydroxylation is 1. The van der Waals surface area contributed by atoms with Gasteiger partial charge in [0, 0.05) is 25.7 Å². The van der Waals surface area contributed by atoms with Gasteiger partial charge in [-0.1, -0.05) is 42.0 Å². The number of aromatic carboxylic acids is 2. The standard InChI is InChI=1S/C24H26N4O4/c1-16-8-10-17(11-9-16)12-20(26-15-19-5-3-7-22(28-19)24(31)32)14-25-13-18-4-2-6-21(27-18)23(29)30/h2-11,20,25-26H,12-15H2,1H3,(H,29,30)(H,31,32). The maximum absolute atomic E-state index is 11.2. The summed E-state index contributed by atoms with van der Waals surface area (Å²) in [5.74, 6) is -2.11. The van der Waals surface area contributed by atoms with E-state index in [0.29, 0.717) is 31.0 Å². The zero-order valence-electron chi connectivity index (χ0n) is 17.8. The molecule has 32 heavy (non-hydrogen) atoms. The lowest BCUT2D eigenvalue weighted by atomic mass is 10.0. The molecule has 0 bridgehead atoms. The highest BCUT2D eigenvalue weighted by atomic mass is 16.4. The van der Waals surface area contributed by atoms with Crippen molar-refractivity contribution in [2.24, 2.45) is 0 Å². The highest BCUT2D eigenvalue weighted by Crippen LogP contribution is 2.08. The van der Waals surface area contributed by atoms with Crippen molar-refractivity contribution in [1.29, 1.82) is 0 Å². The van der Waals surface area contributed by atoms with Crippen molar-refractivity contribution in [3.63, 3.8) is 0 Å². The van der Waals surface area contributed by atoms with Gasteiger partial charge in [-0.25, -0.2) is 19.6 Å². The van der Waals surface area contributed by atoms with Crippen LogP contribution in [-0.2, 0) is 19.5 Å². The van der Waals surface area contributed by atoms with E-state index in [-0.39, 0.29) is 17.4 Å². The van der Waals surface area contributed by atoms with E-state index in [2.05, 4.69) is 44.9 Å². The smallest absolute Gasteiger partial charge is 0.354 e. The lowest BCUT2D eigenvalue weighted by Gasteiger charge is -2.20. The number of pyridine rings is 2. The van der Waals surface area contributed by atoms with Crippen LogP contribution in [0.25, 0.3) is 0 Å². The van der Waals surface area contributed by atoms with Crippen molar-refractivity contribution in [2.45, 2.75) is 32.5 Å². The van der Waals surface area contributed by atoms with Crippen LogP contribution >= 0.6 is 0 Å². The van der Waals surface area contributed by atoms with Crippen LogP contribution in [-0.4, -0.2) is 44.7 Å². The molecule has 0 radical (unpaired) electrons. The summed E-state index contributed by atoms with van der Waals surface area (Å²) in [4.78, 5) is 30.6. The molecule has 3 rings (SSSR count). The average molecular weight is 434 g/mol. The number of aromatic nitrogens is 2. The van der Waals surface area contributed by atoms with Gasteiger partial charge in [0.15, 0.2) is 0 Å². The Hall–Kier alpha value is -3.62. The highest BCUT2D eigenvalue weighted by molar-refractivity contribution is 5.85. The van der Waals surface area contributed by atoms with Crippen LogP contribution < -0.4 is 10.6 Å². The predicted octanol–water partition coefficient (Wildman–Crippen LogP) is 2.67. The third-order valence-electron chi connectivity index (χ3n) is 4.92. The monoisotopic (exact) mass is 434 g/mol. The van der Waals surface area contributed by atoms with Gasteiger partial charge in [-0.3, -0.25) is 0 Å². The number of carboxylic acids is 2. The van der Waals surface area contributed by atoms with Crippen LogP contribution in [0.5, 0.6) is 0 Å². The highest BCUT2D eigenvalue weighted by Gasteiger charge is 2.12. The lowest BCUT2D eigenvalue weighted by Crippen LogP contribution is -2.40. The summed E-state index contributed by atoms with van der Waals surface area (Å²) in [6.07, 6.45) is 0.758. The minimum atomic E-state index is -1.05. The van der Waals surface area contributed by atoms with Gasteiger partial charge in [-0.2, -0.15) is 0 Å². The summed E-state index contributed by atoms with van der Waals surface area (Å²) in [6, 6.07) is 18.2. The van der Waals surface area contributed by atoms with E-state index in [1.165, 1.54) is 23.3 Å². The van der Waals surface area contributed by atoms with Gasteiger partial charge in [0.25, 0.3) is 0 Å². The zero-order chi connectivity index (χ0) is 22.9. The molecule has 0 aliphatic heterocycles. The van der Waals surface area contributed by atoms with Crippen LogP contribution in [0.15, 0.2) is 60.7 Å². The number of carboxylic acid groups (broad SMARTS) is 2. The second-order valence-corrected chi connectivity index (χ2v) is 7.54. The Morgan fingerprint density at radius 3 is 1.97 bits per heavy atom. The normalized spacial score (nSPS) is 11.8. The van der Waals surface area contributed by atoms with E-state index in [4.69, 9.17) is 10.2 Å². The first-order valence-electron chi connectivity index (χ1n) is 10.3. The van der Waals surface area contributed by atoms with Crippen molar-refractivity contribution in [2.75, 3.05) is 6.54 Å². The van der Waals surface area contributed by atoms with Crippen LogP contribution in [0.2, 0.25) is 0 Å². The van der Waals surface area contributed by atoms with E-state index < -0.39 is 11.9 Å². The van der Waals surface area contributed by atoms with Gasteiger partial charge in [-0.15, -0.1) is 0 Å². The summed E-state index contributed by atoms with van der Waals surface area (Å²) in [7, 11) is 0. The third-order valence-corrected chi connectivity index (χ3v) is 4.92. The fraction of sp³-hybridized carbons (Fsp3) is 0.250. The van der Waals surface area contributed by atoms with E-state index in [1.807, 2.05) is 6.92 Å². The first kappa shape index (κ1) is 23.1. The van der Waals surface area contributed by atoms with E-state index >= 15 is 0 Å². The molecule has 0 saturated heterocycles. The first-order valence-corrected chi connectivity index (χ1v) is 10.3. The maximum atomic E-state index is 11.2. The molecule has 4 N–H and O–H groups in total.